The first kappa shape index (κ1) is 31.6. The van der Waals surface area contributed by atoms with Gasteiger partial charge in [0.15, 0.2) is 11.6 Å². The Morgan fingerprint density at radius 3 is 2.33 bits per heavy atom. The average Bonchev–Trinajstić information content (AvgIpc) is 2.90. The second kappa shape index (κ2) is 14.7. The van der Waals surface area contributed by atoms with Crippen molar-refractivity contribution in [2.75, 3.05) is 0 Å². The fraction of sp³-hybridized carbons (Fsp3) is 0.556. The molecule has 216 valence electrons. The fourth-order valence-electron chi connectivity index (χ4n) is 6.87. The summed E-state index contributed by atoms with van der Waals surface area (Å²) >= 11 is 0. The van der Waals surface area contributed by atoms with Crippen molar-refractivity contribution >= 4 is 23.1 Å². The second-order valence-corrected chi connectivity index (χ2v) is 12.2. The first-order valence-electron chi connectivity index (χ1n) is 15.4. The lowest BCUT2D eigenvalue weighted by atomic mass is 9.70. The largest absolute Gasteiger partial charge is 0.300 e. The number of ketones is 4. The third kappa shape index (κ3) is 7.86. The highest BCUT2D eigenvalue weighted by atomic mass is 16.1. The van der Waals surface area contributed by atoms with Gasteiger partial charge in [-0.25, -0.2) is 0 Å². The molecule has 4 nitrogen and oxygen atoms in total. The summed E-state index contributed by atoms with van der Waals surface area (Å²) in [6.07, 6.45) is 6.93. The van der Waals surface area contributed by atoms with E-state index in [4.69, 9.17) is 0 Å². The van der Waals surface area contributed by atoms with Crippen LogP contribution in [0.5, 0.6) is 0 Å². The van der Waals surface area contributed by atoms with Crippen molar-refractivity contribution in [3.8, 4) is 0 Å². The van der Waals surface area contributed by atoms with Crippen LogP contribution in [0.1, 0.15) is 135 Å². The van der Waals surface area contributed by atoms with Gasteiger partial charge in [-0.2, -0.15) is 0 Å². The van der Waals surface area contributed by atoms with Crippen molar-refractivity contribution in [2.45, 2.75) is 112 Å². The molecule has 40 heavy (non-hydrogen) atoms. The van der Waals surface area contributed by atoms with Gasteiger partial charge in [-0.05, 0) is 86.0 Å². The van der Waals surface area contributed by atoms with E-state index in [0.29, 0.717) is 12.8 Å². The number of benzene rings is 2. The molecular formula is C36H48O4. The summed E-state index contributed by atoms with van der Waals surface area (Å²) < 4.78 is 0. The van der Waals surface area contributed by atoms with Crippen molar-refractivity contribution in [1.82, 2.24) is 0 Å². The quantitative estimate of drug-likeness (QED) is 0.167. The lowest BCUT2D eigenvalue weighted by Gasteiger charge is -2.33. The lowest BCUT2D eigenvalue weighted by molar-refractivity contribution is -0.129. The Balaban J connectivity index is 1.81. The van der Waals surface area contributed by atoms with E-state index in [2.05, 4.69) is 33.8 Å². The van der Waals surface area contributed by atoms with Gasteiger partial charge in [0.2, 0.25) is 0 Å². The number of carbonyl (C=O) groups is 4. The van der Waals surface area contributed by atoms with Crippen LogP contribution in [0.25, 0.3) is 0 Å². The second-order valence-electron chi connectivity index (χ2n) is 12.2. The first-order chi connectivity index (χ1) is 19.1. The molecule has 3 rings (SSSR count). The highest BCUT2D eigenvalue weighted by Gasteiger charge is 2.34. The molecule has 0 aliphatic heterocycles. The highest BCUT2D eigenvalue weighted by Crippen LogP contribution is 2.40. The molecule has 2 aromatic carbocycles. The smallest absolute Gasteiger partial charge is 0.163 e. The van der Waals surface area contributed by atoms with Gasteiger partial charge in [0, 0.05) is 29.9 Å². The summed E-state index contributed by atoms with van der Waals surface area (Å²) in [5, 5.41) is 0. The fourth-order valence-corrected chi connectivity index (χ4v) is 6.87. The Kier molecular flexibility index (Phi) is 11.6. The maximum Gasteiger partial charge on any atom is 0.163 e. The average molecular weight is 545 g/mol. The summed E-state index contributed by atoms with van der Waals surface area (Å²) in [5.41, 5.74) is 6.34. The maximum atomic E-state index is 13.7. The molecule has 0 saturated heterocycles. The summed E-state index contributed by atoms with van der Waals surface area (Å²) in [7, 11) is 0. The number of aryl methyl sites for hydroxylation is 1. The molecule has 0 aromatic heterocycles. The minimum atomic E-state index is -0.118. The summed E-state index contributed by atoms with van der Waals surface area (Å²) in [6, 6.07) is 11.7. The number of fused-ring (bicyclic) bond motifs is 1. The van der Waals surface area contributed by atoms with Gasteiger partial charge in [-0.3, -0.25) is 19.2 Å². The van der Waals surface area contributed by atoms with Crippen LogP contribution in [0.15, 0.2) is 36.4 Å². The zero-order valence-electron chi connectivity index (χ0n) is 25.5. The molecule has 1 aliphatic rings. The molecule has 0 fully saturated rings. The molecule has 0 spiro atoms. The Hall–Kier alpha value is -2.88. The van der Waals surface area contributed by atoms with Crippen LogP contribution in [-0.2, 0) is 22.4 Å². The monoisotopic (exact) mass is 544 g/mol. The molecule has 0 radical (unpaired) electrons. The van der Waals surface area contributed by atoms with Crippen LogP contribution in [0.2, 0.25) is 0 Å². The minimum Gasteiger partial charge on any atom is -0.300 e. The standard InChI is InChI=1S/C36H48O4/c1-7-13-29(30(8-2)34(39)18-24(5)37)19-26-20-32-31(23(3)4)22-28(25(6)36(32)35(40)21-26)16-12-17-33(38)27-14-10-9-11-15-27/h9-11,14-15,22-23,26,29-30H,7-8,12-13,16-21H2,1-6H3. The number of rotatable bonds is 15. The number of carbonyl (C=O) groups excluding carboxylic acids is 4. The number of hydrogen-bond acceptors (Lipinski definition) is 4. The van der Waals surface area contributed by atoms with Crippen LogP contribution >= 0.6 is 0 Å². The van der Waals surface area contributed by atoms with E-state index in [0.717, 1.165) is 61.6 Å². The summed E-state index contributed by atoms with van der Waals surface area (Å²) in [6.45, 7) is 12.1. The first-order valence-corrected chi connectivity index (χ1v) is 15.4. The molecular weight excluding hydrogens is 496 g/mol. The van der Waals surface area contributed by atoms with E-state index in [1.54, 1.807) is 0 Å². The molecule has 2 aromatic rings. The molecule has 0 saturated carbocycles. The van der Waals surface area contributed by atoms with E-state index in [1.807, 2.05) is 37.3 Å². The number of hydrogen-bond donors (Lipinski definition) is 0. The molecule has 0 N–H and O–H groups in total. The summed E-state index contributed by atoms with van der Waals surface area (Å²) in [4.78, 5) is 50.9. The minimum absolute atomic E-state index is 0.0154. The Morgan fingerprint density at radius 2 is 1.73 bits per heavy atom. The molecule has 1 aliphatic carbocycles. The van der Waals surface area contributed by atoms with Crippen LogP contribution < -0.4 is 0 Å². The zero-order chi connectivity index (χ0) is 29.4. The van der Waals surface area contributed by atoms with Gasteiger partial charge >= 0.3 is 0 Å². The molecule has 3 unspecified atom stereocenters. The van der Waals surface area contributed by atoms with Gasteiger partial charge in [0.25, 0.3) is 0 Å². The van der Waals surface area contributed by atoms with Crippen LogP contribution in [0, 0.1) is 24.7 Å². The Morgan fingerprint density at radius 1 is 1.02 bits per heavy atom. The lowest BCUT2D eigenvalue weighted by Crippen LogP contribution is -2.30. The molecule has 0 bridgehead atoms. The van der Waals surface area contributed by atoms with Crippen molar-refractivity contribution in [2.24, 2.45) is 17.8 Å². The third-order valence-electron chi connectivity index (χ3n) is 8.79. The normalized spacial score (nSPS) is 16.5. The van der Waals surface area contributed by atoms with Gasteiger partial charge in [0.05, 0.1) is 6.42 Å². The van der Waals surface area contributed by atoms with Gasteiger partial charge < -0.3 is 0 Å². The van der Waals surface area contributed by atoms with Crippen LogP contribution in [0.3, 0.4) is 0 Å². The van der Waals surface area contributed by atoms with Crippen LogP contribution in [0.4, 0.5) is 0 Å². The highest BCUT2D eigenvalue weighted by molar-refractivity contribution is 6.01. The van der Waals surface area contributed by atoms with Crippen LogP contribution in [-0.4, -0.2) is 23.1 Å². The Labute approximate surface area is 241 Å². The van der Waals surface area contributed by atoms with E-state index < -0.39 is 0 Å². The molecule has 0 amide bonds. The van der Waals surface area contributed by atoms with E-state index >= 15 is 0 Å². The summed E-state index contributed by atoms with van der Waals surface area (Å²) in [5.74, 6) is 0.945. The van der Waals surface area contributed by atoms with Crippen molar-refractivity contribution < 1.29 is 19.2 Å². The predicted octanol–water partition coefficient (Wildman–Crippen LogP) is 8.45. The zero-order valence-corrected chi connectivity index (χ0v) is 25.5. The maximum absolute atomic E-state index is 13.7. The van der Waals surface area contributed by atoms with Crippen molar-refractivity contribution in [1.29, 1.82) is 0 Å². The van der Waals surface area contributed by atoms with Crippen molar-refractivity contribution in [3.05, 3.63) is 69.8 Å². The van der Waals surface area contributed by atoms with Gasteiger partial charge in [-0.1, -0.05) is 76.9 Å². The predicted molar refractivity (Wildman–Crippen MR) is 162 cm³/mol. The molecule has 4 heteroatoms. The third-order valence-corrected chi connectivity index (χ3v) is 8.79. The molecule has 0 heterocycles. The van der Waals surface area contributed by atoms with Gasteiger partial charge in [0.1, 0.15) is 11.6 Å². The van der Waals surface area contributed by atoms with Crippen molar-refractivity contribution in [3.63, 3.8) is 0 Å². The van der Waals surface area contributed by atoms with Gasteiger partial charge in [-0.15, -0.1) is 0 Å². The topological polar surface area (TPSA) is 68.3 Å². The SMILES string of the molecule is CCCC(CC1CC(=O)c2c(C)c(CCCC(=O)c3ccccc3)cc(C(C)C)c2C1)C(CC)C(=O)CC(C)=O. The molecule has 3 atom stereocenters. The van der Waals surface area contributed by atoms with E-state index in [1.165, 1.54) is 23.6 Å². The van der Waals surface area contributed by atoms with E-state index in [9.17, 15) is 19.2 Å². The number of Topliss-reactive ketones (excluding diaryl/α,β-unsaturated/α-hetero) is 4. The van der Waals surface area contributed by atoms with E-state index in [-0.39, 0.29) is 53.2 Å². The Bertz CT molecular complexity index is 1210.